The molecule has 0 saturated carbocycles. The molecule has 2 aliphatic rings. The maximum Gasteiger partial charge on any atom is 0.257 e. The molecule has 30 heavy (non-hydrogen) atoms. The third-order valence-corrected chi connectivity index (χ3v) is 6.11. The van der Waals surface area contributed by atoms with Gasteiger partial charge in [0.05, 0.1) is 5.69 Å². The number of amides is 1. The van der Waals surface area contributed by atoms with E-state index in [1.807, 2.05) is 11.5 Å². The van der Waals surface area contributed by atoms with Crippen molar-refractivity contribution in [1.82, 2.24) is 9.97 Å². The van der Waals surface area contributed by atoms with E-state index >= 15 is 0 Å². The second-order valence-electron chi connectivity index (χ2n) is 7.84. The number of hydrogen-bond donors (Lipinski definition) is 1. The van der Waals surface area contributed by atoms with Crippen LogP contribution in [0.25, 0.3) is 0 Å². The van der Waals surface area contributed by atoms with Gasteiger partial charge in [0, 0.05) is 29.3 Å². The van der Waals surface area contributed by atoms with Crippen molar-refractivity contribution in [3.8, 4) is 0 Å². The number of aromatic nitrogens is 2. The largest absolute Gasteiger partial charge is 0.458 e. The molecule has 3 atom stereocenters. The molecule has 0 aromatic carbocycles. The van der Waals surface area contributed by atoms with Gasteiger partial charge in [0.2, 0.25) is 0 Å². The Balaban J connectivity index is 1.44. The summed E-state index contributed by atoms with van der Waals surface area (Å²) in [5.74, 6) is 2.57. The van der Waals surface area contributed by atoms with Gasteiger partial charge in [0.15, 0.2) is 5.13 Å². The van der Waals surface area contributed by atoms with Gasteiger partial charge < -0.3 is 4.74 Å². The number of anilines is 1. The summed E-state index contributed by atoms with van der Waals surface area (Å²) in [6.07, 6.45) is 14.8. The van der Waals surface area contributed by atoms with Crippen LogP contribution in [0, 0.1) is 11.8 Å². The first-order valence-corrected chi connectivity index (χ1v) is 11.0. The number of nitrogens with one attached hydrogen (secondary N) is 1. The first-order chi connectivity index (χ1) is 14.5. The first-order valence-electron chi connectivity index (χ1n) is 10.1. The minimum Gasteiger partial charge on any atom is -0.458 e. The summed E-state index contributed by atoms with van der Waals surface area (Å²) in [5, 5.41) is 5.50. The fourth-order valence-electron chi connectivity index (χ4n) is 3.78. The molecule has 0 bridgehead atoms. The summed E-state index contributed by atoms with van der Waals surface area (Å²) in [6, 6.07) is 3.37. The number of rotatable bonds is 5. The summed E-state index contributed by atoms with van der Waals surface area (Å²) in [7, 11) is 0. The number of hydrogen-bond acceptors (Lipinski definition) is 5. The molecule has 5 nitrogen and oxygen atoms in total. The van der Waals surface area contributed by atoms with E-state index in [1.54, 1.807) is 24.5 Å². The van der Waals surface area contributed by atoms with Crippen LogP contribution in [-0.4, -0.2) is 15.9 Å². The highest BCUT2D eigenvalue weighted by atomic mass is 32.1. The van der Waals surface area contributed by atoms with Crippen molar-refractivity contribution in [1.29, 1.82) is 0 Å². The summed E-state index contributed by atoms with van der Waals surface area (Å²) >= 11 is 1.44. The molecule has 2 aliphatic carbocycles. The molecule has 2 aromatic rings. The fraction of sp³-hybridized carbons (Fsp3) is 0.292. The van der Waals surface area contributed by atoms with Crippen LogP contribution in [-0.2, 0) is 4.74 Å². The van der Waals surface area contributed by atoms with Gasteiger partial charge in [-0.3, -0.25) is 15.1 Å². The predicted octanol–water partition coefficient (Wildman–Crippen LogP) is 5.85. The first kappa shape index (κ1) is 20.3. The lowest BCUT2D eigenvalue weighted by atomic mass is 9.81. The monoisotopic (exact) mass is 419 g/mol. The van der Waals surface area contributed by atoms with E-state index in [4.69, 9.17) is 4.74 Å². The Morgan fingerprint density at radius 1 is 1.23 bits per heavy atom. The third kappa shape index (κ3) is 4.60. The Bertz CT molecular complexity index is 1050. The topological polar surface area (TPSA) is 64.1 Å². The molecular formula is C24H25N3O2S. The van der Waals surface area contributed by atoms with Crippen LogP contribution in [0.4, 0.5) is 5.13 Å². The number of ether oxygens (including phenoxy) is 1. The minimum absolute atomic E-state index is 0.163. The number of carbonyl (C=O) groups is 1. The summed E-state index contributed by atoms with van der Waals surface area (Å²) in [4.78, 5) is 21.0. The van der Waals surface area contributed by atoms with Crippen molar-refractivity contribution in [2.75, 3.05) is 5.32 Å². The molecule has 3 unspecified atom stereocenters. The predicted molar refractivity (Wildman–Crippen MR) is 120 cm³/mol. The Kier molecular flexibility index (Phi) is 5.95. The summed E-state index contributed by atoms with van der Waals surface area (Å²) in [5.41, 5.74) is 2.73. The van der Waals surface area contributed by atoms with Crippen molar-refractivity contribution in [2.45, 2.75) is 33.1 Å². The Hall–Kier alpha value is -2.99. The highest BCUT2D eigenvalue weighted by Gasteiger charge is 2.27. The average molecular weight is 420 g/mol. The van der Waals surface area contributed by atoms with Crippen molar-refractivity contribution in [3.05, 3.63) is 88.6 Å². The van der Waals surface area contributed by atoms with Crippen LogP contribution in [0.2, 0.25) is 0 Å². The van der Waals surface area contributed by atoms with E-state index in [-0.39, 0.29) is 17.7 Å². The van der Waals surface area contributed by atoms with Crippen molar-refractivity contribution in [2.24, 2.45) is 11.8 Å². The Labute approximate surface area is 180 Å². The van der Waals surface area contributed by atoms with Gasteiger partial charge in [-0.15, -0.1) is 11.3 Å². The molecule has 0 fully saturated rings. The molecule has 1 N–H and O–H groups in total. The lowest BCUT2D eigenvalue weighted by Crippen LogP contribution is -2.16. The highest BCUT2D eigenvalue weighted by Crippen LogP contribution is 2.39. The fourth-order valence-corrected chi connectivity index (χ4v) is 4.52. The van der Waals surface area contributed by atoms with Crippen LogP contribution in [0.1, 0.15) is 49.2 Å². The normalized spacial score (nSPS) is 23.3. The molecule has 1 amide bonds. The van der Waals surface area contributed by atoms with E-state index < -0.39 is 0 Å². The van der Waals surface area contributed by atoms with Gasteiger partial charge in [-0.05, 0) is 61.6 Å². The van der Waals surface area contributed by atoms with E-state index in [1.165, 1.54) is 16.9 Å². The van der Waals surface area contributed by atoms with E-state index in [0.717, 1.165) is 23.6 Å². The van der Waals surface area contributed by atoms with Gasteiger partial charge in [-0.25, -0.2) is 4.98 Å². The lowest BCUT2D eigenvalue weighted by molar-refractivity contribution is 0.102. The van der Waals surface area contributed by atoms with Crippen LogP contribution in [0.5, 0.6) is 0 Å². The molecule has 4 rings (SSSR count). The smallest absolute Gasteiger partial charge is 0.257 e. The Morgan fingerprint density at radius 2 is 2.03 bits per heavy atom. The molecule has 6 heteroatoms. The quantitative estimate of drug-likeness (QED) is 0.660. The molecular weight excluding hydrogens is 394 g/mol. The minimum atomic E-state index is -0.180. The van der Waals surface area contributed by atoms with Gasteiger partial charge in [0.1, 0.15) is 11.5 Å². The molecule has 0 radical (unpaired) electrons. The van der Waals surface area contributed by atoms with Gasteiger partial charge in [0.25, 0.3) is 5.91 Å². The van der Waals surface area contributed by atoms with E-state index in [9.17, 15) is 4.79 Å². The van der Waals surface area contributed by atoms with Crippen molar-refractivity contribution in [3.63, 3.8) is 0 Å². The van der Waals surface area contributed by atoms with Crippen molar-refractivity contribution < 1.29 is 9.53 Å². The molecule has 0 aliphatic heterocycles. The molecule has 0 spiro atoms. The SMILES string of the molecule is CC1=CC(OC2=CCC(C)C=C2)=CC(C)C1c1csc(NC(=O)c2ccncc2)n1. The highest BCUT2D eigenvalue weighted by molar-refractivity contribution is 7.14. The zero-order chi connectivity index (χ0) is 21.1. The van der Waals surface area contributed by atoms with Gasteiger partial charge >= 0.3 is 0 Å². The van der Waals surface area contributed by atoms with E-state index in [2.05, 4.69) is 60.4 Å². The van der Waals surface area contributed by atoms with E-state index in [0.29, 0.717) is 16.6 Å². The Morgan fingerprint density at radius 3 is 2.73 bits per heavy atom. The second kappa shape index (κ2) is 8.79. The number of nitrogens with zero attached hydrogens (tertiary/aromatic N) is 2. The van der Waals surface area contributed by atoms with Crippen LogP contribution < -0.4 is 5.32 Å². The molecule has 2 heterocycles. The maximum atomic E-state index is 12.4. The lowest BCUT2D eigenvalue weighted by Gasteiger charge is -2.26. The van der Waals surface area contributed by atoms with Crippen molar-refractivity contribution >= 4 is 22.4 Å². The maximum absolute atomic E-state index is 12.4. The molecule has 154 valence electrons. The number of carbonyl (C=O) groups excluding carboxylic acids is 1. The second-order valence-corrected chi connectivity index (χ2v) is 8.70. The number of thiazole rings is 1. The van der Waals surface area contributed by atoms with Crippen LogP contribution in [0.15, 0.2) is 77.4 Å². The summed E-state index contributed by atoms with van der Waals surface area (Å²) < 4.78 is 6.09. The molecule has 2 aromatic heterocycles. The molecule has 0 saturated heterocycles. The van der Waals surface area contributed by atoms with Crippen LogP contribution in [0.3, 0.4) is 0 Å². The zero-order valence-corrected chi connectivity index (χ0v) is 18.1. The average Bonchev–Trinajstić information content (AvgIpc) is 3.18. The zero-order valence-electron chi connectivity index (χ0n) is 17.3. The van der Waals surface area contributed by atoms with Gasteiger partial charge in [-0.2, -0.15) is 0 Å². The van der Waals surface area contributed by atoms with Crippen LogP contribution >= 0.6 is 11.3 Å². The third-order valence-electron chi connectivity index (χ3n) is 5.33. The standard InChI is InChI=1S/C24H25N3O2S/c1-15-4-6-19(7-5-15)29-20-12-16(2)22(17(3)13-20)21-14-30-24(26-21)27-23(28)18-8-10-25-11-9-18/h4,6-16,22H,5H2,1-3H3,(H,26,27,28). The summed E-state index contributed by atoms with van der Waals surface area (Å²) in [6.45, 7) is 6.48. The number of pyridine rings is 1. The number of allylic oxidation sites excluding steroid dienone is 6. The van der Waals surface area contributed by atoms with Gasteiger partial charge in [-0.1, -0.05) is 25.5 Å².